The van der Waals surface area contributed by atoms with Gasteiger partial charge in [-0.15, -0.1) is 0 Å². The van der Waals surface area contributed by atoms with E-state index >= 15 is 0 Å². The number of pyridine rings is 2. The van der Waals surface area contributed by atoms with E-state index in [0.29, 0.717) is 22.8 Å². The van der Waals surface area contributed by atoms with Crippen molar-refractivity contribution in [2.75, 3.05) is 5.32 Å². The number of rotatable bonds is 4. The number of nitrogens with zero attached hydrogens (tertiary/aromatic N) is 3. The molecule has 1 N–H and O–H groups in total. The topological polar surface area (TPSA) is 59.3 Å². The highest BCUT2D eigenvalue weighted by Gasteiger charge is 2.17. The molecule has 0 amide bonds. The second-order valence-electron chi connectivity index (χ2n) is 6.27. The molecular formula is C21H17FN4O. The van der Waals surface area contributed by atoms with Gasteiger partial charge >= 0.3 is 0 Å². The Morgan fingerprint density at radius 3 is 2.44 bits per heavy atom. The number of aromatic nitrogens is 3. The van der Waals surface area contributed by atoms with Crippen molar-refractivity contribution in [2.45, 2.75) is 13.8 Å². The maximum atomic E-state index is 13.7. The number of aryl methyl sites for hydroxylation is 1. The number of anilines is 2. The van der Waals surface area contributed by atoms with Crippen LogP contribution in [0.1, 0.15) is 23.0 Å². The van der Waals surface area contributed by atoms with Crippen LogP contribution in [0.5, 0.6) is 0 Å². The Hall–Kier alpha value is -3.54. The number of Topliss-reactive ketones (excluding diaryl/α,β-unsaturated/α-hetero) is 1. The minimum Gasteiger partial charge on any atom is -0.339 e. The quantitative estimate of drug-likeness (QED) is 0.420. The fraction of sp³-hybridized carbons (Fsp3) is 0.0952. The lowest BCUT2D eigenvalue weighted by molar-refractivity contribution is 0.101. The molecule has 0 fully saturated rings. The van der Waals surface area contributed by atoms with Crippen molar-refractivity contribution in [3.63, 3.8) is 0 Å². The minimum absolute atomic E-state index is 0.0110. The Kier molecular flexibility index (Phi) is 4.16. The molecule has 0 aliphatic heterocycles. The van der Waals surface area contributed by atoms with Crippen molar-refractivity contribution in [3.05, 3.63) is 77.9 Å². The van der Waals surface area contributed by atoms with Gasteiger partial charge in [-0.05, 0) is 62.4 Å². The molecule has 0 bridgehead atoms. The molecule has 6 heteroatoms. The van der Waals surface area contributed by atoms with Gasteiger partial charge in [0.15, 0.2) is 5.78 Å². The highest BCUT2D eigenvalue weighted by Crippen LogP contribution is 2.31. The maximum Gasteiger partial charge on any atom is 0.213 e. The van der Waals surface area contributed by atoms with Gasteiger partial charge in [0.25, 0.3) is 0 Å². The second kappa shape index (κ2) is 6.64. The van der Waals surface area contributed by atoms with E-state index in [0.717, 1.165) is 17.0 Å². The van der Waals surface area contributed by atoms with Crippen LogP contribution in [0.15, 0.2) is 60.7 Å². The van der Waals surface area contributed by atoms with Crippen LogP contribution in [-0.2, 0) is 0 Å². The maximum absolute atomic E-state index is 13.7. The Balaban J connectivity index is 1.87. The molecule has 0 unspecified atom stereocenters. The van der Waals surface area contributed by atoms with Crippen LogP contribution in [0.4, 0.5) is 15.9 Å². The molecule has 1 aromatic carbocycles. The van der Waals surface area contributed by atoms with Gasteiger partial charge in [-0.2, -0.15) is 4.39 Å². The summed E-state index contributed by atoms with van der Waals surface area (Å²) in [4.78, 5) is 20.1. The number of fused-ring (bicyclic) bond motifs is 1. The van der Waals surface area contributed by atoms with Gasteiger partial charge in [-0.3, -0.25) is 9.20 Å². The van der Waals surface area contributed by atoms with Crippen LogP contribution in [0.3, 0.4) is 0 Å². The zero-order valence-electron chi connectivity index (χ0n) is 14.9. The molecule has 0 radical (unpaired) electrons. The van der Waals surface area contributed by atoms with Gasteiger partial charge in [0.1, 0.15) is 17.2 Å². The molecule has 3 heterocycles. The molecule has 0 atom stereocenters. The van der Waals surface area contributed by atoms with E-state index in [4.69, 9.17) is 0 Å². The predicted octanol–water partition coefficient (Wildman–Crippen LogP) is 4.79. The van der Waals surface area contributed by atoms with Crippen LogP contribution in [0.2, 0.25) is 0 Å². The summed E-state index contributed by atoms with van der Waals surface area (Å²) in [6.45, 7) is 3.51. The third-order valence-corrected chi connectivity index (χ3v) is 4.35. The number of hydrogen-bond acceptors (Lipinski definition) is 4. The summed E-state index contributed by atoms with van der Waals surface area (Å²) in [5.41, 5.74) is 4.15. The summed E-state index contributed by atoms with van der Waals surface area (Å²) in [6, 6.07) is 17.6. The smallest absolute Gasteiger partial charge is 0.213 e. The number of carbonyl (C=O) groups excluding carboxylic acids is 1. The van der Waals surface area contributed by atoms with Crippen LogP contribution in [0, 0.1) is 12.9 Å². The first-order valence-corrected chi connectivity index (χ1v) is 8.52. The Morgan fingerprint density at radius 2 is 1.74 bits per heavy atom. The van der Waals surface area contributed by atoms with Gasteiger partial charge in [-0.25, -0.2) is 9.97 Å². The van der Waals surface area contributed by atoms with Crippen molar-refractivity contribution in [2.24, 2.45) is 0 Å². The lowest BCUT2D eigenvalue weighted by atomic mass is 10.1. The summed E-state index contributed by atoms with van der Waals surface area (Å²) in [7, 11) is 0. The van der Waals surface area contributed by atoms with Gasteiger partial charge in [0.05, 0.1) is 5.69 Å². The number of benzene rings is 1. The number of hydrogen-bond donors (Lipinski definition) is 1. The largest absolute Gasteiger partial charge is 0.339 e. The van der Waals surface area contributed by atoms with Gasteiger partial charge < -0.3 is 5.32 Å². The minimum atomic E-state index is -0.557. The highest BCUT2D eigenvalue weighted by atomic mass is 19.1. The number of nitrogens with one attached hydrogen (secondary N) is 1. The van der Waals surface area contributed by atoms with Crippen LogP contribution in [-0.4, -0.2) is 20.2 Å². The normalized spacial score (nSPS) is 10.9. The van der Waals surface area contributed by atoms with E-state index in [2.05, 4.69) is 15.3 Å². The first-order valence-electron chi connectivity index (χ1n) is 8.52. The molecule has 0 saturated carbocycles. The summed E-state index contributed by atoms with van der Waals surface area (Å²) in [5, 5.41) is 3.35. The zero-order valence-corrected chi connectivity index (χ0v) is 14.9. The SMILES string of the molecule is CC(=O)c1ccc(Nc2c(-c3cccc(F)n3)nc3cccc(C)n23)cc1. The summed E-state index contributed by atoms with van der Waals surface area (Å²) < 4.78 is 15.6. The zero-order chi connectivity index (χ0) is 19.0. The third kappa shape index (κ3) is 3.17. The molecular weight excluding hydrogens is 343 g/mol. The third-order valence-electron chi connectivity index (χ3n) is 4.35. The lowest BCUT2D eigenvalue weighted by Crippen LogP contribution is -2.00. The van der Waals surface area contributed by atoms with E-state index in [-0.39, 0.29) is 5.78 Å². The first-order chi connectivity index (χ1) is 13.0. The summed E-state index contributed by atoms with van der Waals surface area (Å²) >= 11 is 0. The van der Waals surface area contributed by atoms with E-state index in [1.54, 1.807) is 24.3 Å². The molecule has 0 saturated heterocycles. The average Bonchev–Trinajstić information content (AvgIpc) is 3.02. The van der Waals surface area contributed by atoms with Crippen molar-refractivity contribution in [1.82, 2.24) is 14.4 Å². The van der Waals surface area contributed by atoms with Crippen molar-refractivity contribution in [1.29, 1.82) is 0 Å². The molecule has 4 rings (SSSR count). The molecule has 3 aromatic heterocycles. The van der Waals surface area contributed by atoms with Gasteiger partial charge in [0.2, 0.25) is 5.95 Å². The molecule has 0 aliphatic rings. The number of imidazole rings is 1. The van der Waals surface area contributed by atoms with E-state index in [9.17, 15) is 9.18 Å². The van der Waals surface area contributed by atoms with Crippen LogP contribution < -0.4 is 5.32 Å². The fourth-order valence-electron chi connectivity index (χ4n) is 3.01. The average molecular weight is 360 g/mol. The van der Waals surface area contributed by atoms with E-state index in [1.807, 2.05) is 41.7 Å². The molecule has 134 valence electrons. The lowest BCUT2D eigenvalue weighted by Gasteiger charge is -2.11. The van der Waals surface area contributed by atoms with Crippen molar-refractivity contribution in [3.8, 4) is 11.4 Å². The Labute approximate surface area is 155 Å². The number of ketones is 1. The van der Waals surface area contributed by atoms with Crippen LogP contribution in [0.25, 0.3) is 17.0 Å². The molecule has 5 nitrogen and oxygen atoms in total. The number of carbonyl (C=O) groups is 1. The monoisotopic (exact) mass is 360 g/mol. The summed E-state index contributed by atoms with van der Waals surface area (Å²) in [5.74, 6) is 0.145. The van der Waals surface area contributed by atoms with Gasteiger partial charge in [-0.1, -0.05) is 12.1 Å². The Bertz CT molecular complexity index is 1150. The van der Waals surface area contributed by atoms with Crippen molar-refractivity contribution < 1.29 is 9.18 Å². The standard InChI is InChI=1S/C21H17FN4O/c1-13-5-3-8-19-25-20(17-6-4-7-18(22)24-17)21(26(13)19)23-16-11-9-15(10-12-16)14(2)27/h3-12,23H,1-2H3. The fourth-order valence-corrected chi connectivity index (χ4v) is 3.01. The molecule has 27 heavy (non-hydrogen) atoms. The van der Waals surface area contributed by atoms with Gasteiger partial charge in [0, 0.05) is 16.9 Å². The van der Waals surface area contributed by atoms with Crippen LogP contribution >= 0.6 is 0 Å². The molecule has 0 aliphatic carbocycles. The molecule has 0 spiro atoms. The summed E-state index contributed by atoms with van der Waals surface area (Å²) in [6.07, 6.45) is 0. The van der Waals surface area contributed by atoms with Crippen molar-refractivity contribution >= 4 is 22.9 Å². The molecule has 4 aromatic rings. The first kappa shape index (κ1) is 16.9. The highest BCUT2D eigenvalue weighted by molar-refractivity contribution is 5.94. The van der Waals surface area contributed by atoms with E-state index < -0.39 is 5.95 Å². The van der Waals surface area contributed by atoms with E-state index in [1.165, 1.54) is 13.0 Å². The second-order valence-corrected chi connectivity index (χ2v) is 6.27. The number of halogens is 1. The predicted molar refractivity (Wildman–Crippen MR) is 103 cm³/mol. The Morgan fingerprint density at radius 1 is 1.00 bits per heavy atom.